The summed E-state index contributed by atoms with van der Waals surface area (Å²) in [6, 6.07) is 7.73. The number of rotatable bonds is 4. The van der Waals surface area contributed by atoms with Crippen LogP contribution in [-0.2, 0) is 4.74 Å². The van der Waals surface area contributed by atoms with Gasteiger partial charge in [0.15, 0.2) is 0 Å². The Morgan fingerprint density at radius 2 is 2.04 bits per heavy atom. The molecule has 3 rings (SSSR count). The van der Waals surface area contributed by atoms with E-state index in [1.165, 1.54) is 0 Å². The molecule has 0 radical (unpaired) electrons. The van der Waals surface area contributed by atoms with Crippen molar-refractivity contribution in [3.05, 3.63) is 36.2 Å². The van der Waals surface area contributed by atoms with Crippen molar-refractivity contribution < 1.29 is 9.53 Å². The molecule has 1 fully saturated rings. The van der Waals surface area contributed by atoms with Gasteiger partial charge in [0, 0.05) is 25.1 Å². The number of carbonyl (C=O) groups excluding carboxylic acids is 1. The summed E-state index contributed by atoms with van der Waals surface area (Å²) in [6.45, 7) is 7.01. The molecule has 1 heterocycles. The van der Waals surface area contributed by atoms with Crippen LogP contribution in [0, 0.1) is 5.41 Å². The van der Waals surface area contributed by atoms with E-state index < -0.39 is 0 Å². The van der Waals surface area contributed by atoms with Crippen LogP contribution in [0.25, 0.3) is 11.0 Å². The number of carbonyl (C=O) groups is 1. The number of aromatic nitrogens is 2. The highest BCUT2D eigenvalue weighted by molar-refractivity contribution is 5.94. The Balaban J connectivity index is 1.79. The molecule has 122 valence electrons. The number of hydrogen-bond acceptors (Lipinski definition) is 4. The molecule has 1 saturated carbocycles. The first-order valence-electron chi connectivity index (χ1n) is 8.05. The van der Waals surface area contributed by atoms with Gasteiger partial charge in [-0.05, 0) is 25.5 Å². The molecular formula is C18H23N3O2. The molecule has 2 atom stereocenters. The van der Waals surface area contributed by atoms with Gasteiger partial charge < -0.3 is 9.64 Å². The molecule has 1 aliphatic carbocycles. The van der Waals surface area contributed by atoms with Crippen molar-refractivity contribution in [2.24, 2.45) is 5.41 Å². The molecule has 0 saturated heterocycles. The molecule has 0 bridgehead atoms. The SMILES string of the molecule is CCOC1CC(N(C)C(=O)c2cnc3ccccc3n2)C1(C)C. The van der Waals surface area contributed by atoms with Gasteiger partial charge in [0.2, 0.25) is 0 Å². The van der Waals surface area contributed by atoms with Gasteiger partial charge in [-0.1, -0.05) is 26.0 Å². The lowest BCUT2D eigenvalue weighted by Gasteiger charge is -2.54. The van der Waals surface area contributed by atoms with Crippen molar-refractivity contribution in [3.8, 4) is 0 Å². The van der Waals surface area contributed by atoms with E-state index in [4.69, 9.17) is 4.74 Å². The zero-order valence-electron chi connectivity index (χ0n) is 14.1. The monoisotopic (exact) mass is 313 g/mol. The summed E-state index contributed by atoms with van der Waals surface area (Å²) in [5.41, 5.74) is 1.88. The standard InChI is InChI=1S/C18H23N3O2/c1-5-23-16-10-15(18(16,2)3)21(4)17(22)14-11-19-12-8-6-7-9-13(12)20-14/h6-9,11,15-16H,5,10H2,1-4H3. The Bertz CT molecular complexity index is 729. The van der Waals surface area contributed by atoms with Crippen LogP contribution in [0.4, 0.5) is 0 Å². The minimum Gasteiger partial charge on any atom is -0.378 e. The number of fused-ring (bicyclic) bond motifs is 1. The number of nitrogens with zero attached hydrogens (tertiary/aromatic N) is 3. The molecule has 1 aromatic heterocycles. The first-order valence-corrected chi connectivity index (χ1v) is 8.05. The van der Waals surface area contributed by atoms with E-state index in [1.54, 1.807) is 11.1 Å². The van der Waals surface area contributed by atoms with E-state index in [0.717, 1.165) is 17.5 Å². The second-order valence-electron chi connectivity index (χ2n) is 6.68. The largest absolute Gasteiger partial charge is 0.378 e. The third-order valence-corrected chi connectivity index (χ3v) is 4.95. The van der Waals surface area contributed by atoms with Gasteiger partial charge in [-0.25, -0.2) is 4.98 Å². The Morgan fingerprint density at radius 3 is 2.70 bits per heavy atom. The molecule has 5 nitrogen and oxygen atoms in total. The zero-order valence-corrected chi connectivity index (χ0v) is 14.1. The van der Waals surface area contributed by atoms with Gasteiger partial charge >= 0.3 is 0 Å². The van der Waals surface area contributed by atoms with E-state index in [0.29, 0.717) is 12.3 Å². The Kier molecular flexibility index (Phi) is 4.06. The summed E-state index contributed by atoms with van der Waals surface area (Å²) in [5, 5.41) is 0. The summed E-state index contributed by atoms with van der Waals surface area (Å²) in [5.74, 6) is -0.0868. The van der Waals surface area contributed by atoms with E-state index in [9.17, 15) is 4.79 Å². The van der Waals surface area contributed by atoms with Crippen LogP contribution in [-0.4, -0.2) is 46.6 Å². The van der Waals surface area contributed by atoms with Gasteiger partial charge in [-0.15, -0.1) is 0 Å². The van der Waals surface area contributed by atoms with Crippen molar-refractivity contribution in [2.75, 3.05) is 13.7 Å². The lowest BCUT2D eigenvalue weighted by Crippen LogP contribution is -2.62. The van der Waals surface area contributed by atoms with Crippen molar-refractivity contribution in [1.29, 1.82) is 0 Å². The highest BCUT2D eigenvalue weighted by Crippen LogP contribution is 2.45. The number of ether oxygens (including phenoxy) is 1. The molecule has 23 heavy (non-hydrogen) atoms. The molecule has 1 amide bonds. The first-order chi connectivity index (χ1) is 10.9. The predicted molar refractivity (Wildman–Crippen MR) is 89.2 cm³/mol. The minimum absolute atomic E-state index is 0.0509. The van der Waals surface area contributed by atoms with E-state index >= 15 is 0 Å². The second-order valence-corrected chi connectivity index (χ2v) is 6.68. The average molecular weight is 313 g/mol. The van der Waals surface area contributed by atoms with Crippen molar-refractivity contribution in [2.45, 2.75) is 39.3 Å². The van der Waals surface area contributed by atoms with Gasteiger partial charge in [0.25, 0.3) is 5.91 Å². The van der Waals surface area contributed by atoms with Crippen LogP contribution in [0.15, 0.2) is 30.5 Å². The zero-order chi connectivity index (χ0) is 16.6. The summed E-state index contributed by atoms with van der Waals surface area (Å²) >= 11 is 0. The molecular weight excluding hydrogens is 290 g/mol. The van der Waals surface area contributed by atoms with Gasteiger partial charge in [0.05, 0.1) is 23.3 Å². The van der Waals surface area contributed by atoms with Crippen molar-refractivity contribution in [3.63, 3.8) is 0 Å². The summed E-state index contributed by atoms with van der Waals surface area (Å²) in [4.78, 5) is 23.3. The fourth-order valence-corrected chi connectivity index (χ4v) is 3.39. The smallest absolute Gasteiger partial charge is 0.274 e. The summed E-state index contributed by atoms with van der Waals surface area (Å²) in [6.07, 6.45) is 2.63. The summed E-state index contributed by atoms with van der Waals surface area (Å²) in [7, 11) is 1.84. The number of amides is 1. The molecule has 5 heteroatoms. The van der Waals surface area contributed by atoms with Gasteiger partial charge in [-0.3, -0.25) is 9.78 Å². The number of benzene rings is 1. The Hall–Kier alpha value is -2.01. The second kappa shape index (κ2) is 5.89. The molecule has 2 aromatic rings. The van der Waals surface area contributed by atoms with Crippen LogP contribution in [0.2, 0.25) is 0 Å². The fourth-order valence-electron chi connectivity index (χ4n) is 3.39. The maximum Gasteiger partial charge on any atom is 0.274 e. The Morgan fingerprint density at radius 1 is 1.35 bits per heavy atom. The quantitative estimate of drug-likeness (QED) is 0.871. The predicted octanol–water partition coefficient (Wildman–Crippen LogP) is 2.91. The van der Waals surface area contributed by atoms with Gasteiger partial charge in [0.1, 0.15) is 5.69 Å². The van der Waals surface area contributed by atoms with Crippen LogP contribution in [0.5, 0.6) is 0 Å². The fraction of sp³-hybridized carbons (Fsp3) is 0.500. The van der Waals surface area contributed by atoms with Crippen LogP contribution in [0.1, 0.15) is 37.7 Å². The number of hydrogen-bond donors (Lipinski definition) is 0. The third kappa shape index (κ3) is 2.70. The third-order valence-electron chi connectivity index (χ3n) is 4.95. The molecule has 0 aliphatic heterocycles. The van der Waals surface area contributed by atoms with Crippen LogP contribution >= 0.6 is 0 Å². The normalized spacial score (nSPS) is 22.6. The highest BCUT2D eigenvalue weighted by atomic mass is 16.5. The van der Waals surface area contributed by atoms with Crippen molar-refractivity contribution in [1.82, 2.24) is 14.9 Å². The average Bonchev–Trinajstić information content (AvgIpc) is 2.56. The van der Waals surface area contributed by atoms with E-state index in [1.807, 2.05) is 38.2 Å². The maximum atomic E-state index is 12.8. The first kappa shape index (κ1) is 15.9. The lowest BCUT2D eigenvalue weighted by atomic mass is 9.63. The Labute approximate surface area is 136 Å². The van der Waals surface area contributed by atoms with E-state index in [2.05, 4.69) is 23.8 Å². The molecule has 0 N–H and O–H groups in total. The van der Waals surface area contributed by atoms with Crippen LogP contribution in [0.3, 0.4) is 0 Å². The summed E-state index contributed by atoms with van der Waals surface area (Å²) < 4.78 is 5.75. The minimum atomic E-state index is -0.0868. The maximum absolute atomic E-state index is 12.8. The molecule has 1 aromatic carbocycles. The molecule has 1 aliphatic rings. The number of para-hydroxylation sites is 2. The van der Waals surface area contributed by atoms with Crippen LogP contribution < -0.4 is 0 Å². The van der Waals surface area contributed by atoms with Gasteiger partial charge in [-0.2, -0.15) is 0 Å². The van der Waals surface area contributed by atoms with E-state index in [-0.39, 0.29) is 23.5 Å². The molecule has 2 unspecified atom stereocenters. The van der Waals surface area contributed by atoms with Crippen molar-refractivity contribution >= 4 is 16.9 Å². The topological polar surface area (TPSA) is 55.3 Å². The molecule has 0 spiro atoms. The lowest BCUT2D eigenvalue weighted by molar-refractivity contribution is -0.136. The highest BCUT2D eigenvalue weighted by Gasteiger charge is 2.51.